The average Bonchev–Trinajstić information content (AvgIpc) is 2.52. The Morgan fingerprint density at radius 3 is 1.59 bits per heavy atom. The minimum Gasteiger partial charge on any atom is -0.393 e. The van der Waals surface area contributed by atoms with Crippen molar-refractivity contribution >= 4 is 6.16 Å². The molecule has 0 N–H and O–H groups in total. The van der Waals surface area contributed by atoms with Crippen LogP contribution in [0.15, 0.2) is 48.5 Å². The molecule has 3 nitrogen and oxygen atoms in total. The molecule has 0 aliphatic heterocycles. The van der Waals surface area contributed by atoms with E-state index in [2.05, 4.69) is 23.7 Å². The van der Waals surface area contributed by atoms with E-state index in [4.69, 9.17) is 9.47 Å². The van der Waals surface area contributed by atoms with E-state index in [1.807, 2.05) is 12.1 Å². The fourth-order valence-electron chi connectivity index (χ4n) is 1.79. The van der Waals surface area contributed by atoms with E-state index in [-0.39, 0.29) is 0 Å². The summed E-state index contributed by atoms with van der Waals surface area (Å²) in [5.41, 5.74) is 1.26. The predicted molar refractivity (Wildman–Crippen MR) is 84.6 cm³/mol. The molecule has 0 fully saturated rings. The van der Waals surface area contributed by atoms with Crippen LogP contribution in [0.3, 0.4) is 0 Å². The summed E-state index contributed by atoms with van der Waals surface area (Å²) in [7, 11) is 0. The first-order valence-electron chi connectivity index (χ1n) is 6.68. The van der Waals surface area contributed by atoms with Crippen LogP contribution in [0.1, 0.15) is 25.0 Å². The highest BCUT2D eigenvalue weighted by atomic mass is 16.7. The van der Waals surface area contributed by atoms with Gasteiger partial charge in [-0.2, -0.15) is 0 Å². The monoisotopic (exact) mass is 290 g/mol. The molecule has 0 unspecified atom stereocenters. The molecule has 0 aliphatic carbocycles. The van der Waals surface area contributed by atoms with E-state index in [9.17, 15) is 4.79 Å². The molecule has 0 saturated heterocycles. The standard InChI is InChI=1S/C19H14O3/c1-3-9-15-11-5-7-13-17(15)21-19(20)22-18-14-8-6-12-16(18)10-4-2/h5-8,11-14H,1-2H3. The molecule has 2 aromatic carbocycles. The van der Waals surface area contributed by atoms with Gasteiger partial charge in [-0.15, -0.1) is 11.8 Å². The summed E-state index contributed by atoms with van der Waals surface area (Å²) in [5, 5.41) is 0. The van der Waals surface area contributed by atoms with Gasteiger partial charge in [-0.1, -0.05) is 36.1 Å². The highest BCUT2D eigenvalue weighted by Gasteiger charge is 2.12. The highest BCUT2D eigenvalue weighted by molar-refractivity contribution is 5.69. The van der Waals surface area contributed by atoms with Crippen LogP contribution >= 0.6 is 0 Å². The van der Waals surface area contributed by atoms with Crippen molar-refractivity contribution < 1.29 is 14.3 Å². The van der Waals surface area contributed by atoms with E-state index < -0.39 is 6.16 Å². The van der Waals surface area contributed by atoms with Gasteiger partial charge in [0.05, 0.1) is 11.1 Å². The molecule has 0 aliphatic rings. The van der Waals surface area contributed by atoms with Crippen molar-refractivity contribution in [3.05, 3.63) is 59.7 Å². The van der Waals surface area contributed by atoms with Crippen LogP contribution in [0.4, 0.5) is 4.79 Å². The quantitative estimate of drug-likeness (QED) is 0.476. The number of ether oxygens (including phenoxy) is 2. The Balaban J connectivity index is 2.17. The first-order chi connectivity index (χ1) is 10.7. The van der Waals surface area contributed by atoms with E-state index >= 15 is 0 Å². The van der Waals surface area contributed by atoms with Crippen molar-refractivity contribution in [1.82, 2.24) is 0 Å². The number of benzene rings is 2. The Bertz CT molecular complexity index is 731. The number of hydrogen-bond donors (Lipinski definition) is 0. The molecule has 0 atom stereocenters. The second-order valence-corrected chi connectivity index (χ2v) is 4.20. The lowest BCUT2D eigenvalue weighted by Crippen LogP contribution is -2.15. The van der Waals surface area contributed by atoms with Crippen LogP contribution in [0, 0.1) is 23.7 Å². The van der Waals surface area contributed by atoms with Crippen molar-refractivity contribution in [2.45, 2.75) is 13.8 Å². The molecule has 3 heteroatoms. The fourth-order valence-corrected chi connectivity index (χ4v) is 1.79. The van der Waals surface area contributed by atoms with Crippen LogP contribution in [-0.4, -0.2) is 6.16 Å². The lowest BCUT2D eigenvalue weighted by atomic mass is 10.2. The maximum Gasteiger partial charge on any atom is 0.519 e. The van der Waals surface area contributed by atoms with Gasteiger partial charge < -0.3 is 9.47 Å². The highest BCUT2D eigenvalue weighted by Crippen LogP contribution is 2.20. The van der Waals surface area contributed by atoms with E-state index in [1.165, 1.54) is 0 Å². The maximum atomic E-state index is 12.0. The van der Waals surface area contributed by atoms with Crippen molar-refractivity contribution in [3.8, 4) is 35.2 Å². The number of rotatable bonds is 2. The Labute approximate surface area is 129 Å². The minimum atomic E-state index is -0.823. The van der Waals surface area contributed by atoms with Gasteiger partial charge in [0.2, 0.25) is 0 Å². The first-order valence-corrected chi connectivity index (χ1v) is 6.68. The Morgan fingerprint density at radius 2 is 1.18 bits per heavy atom. The van der Waals surface area contributed by atoms with Crippen molar-refractivity contribution in [1.29, 1.82) is 0 Å². The Kier molecular flexibility index (Phi) is 5.24. The van der Waals surface area contributed by atoms with Crippen molar-refractivity contribution in [2.24, 2.45) is 0 Å². The number of para-hydroxylation sites is 2. The normalized spacial score (nSPS) is 8.82. The van der Waals surface area contributed by atoms with Crippen LogP contribution in [-0.2, 0) is 0 Å². The topological polar surface area (TPSA) is 35.5 Å². The summed E-state index contributed by atoms with van der Waals surface area (Å²) >= 11 is 0. The molecule has 0 radical (unpaired) electrons. The maximum absolute atomic E-state index is 12.0. The smallest absolute Gasteiger partial charge is 0.393 e. The predicted octanol–water partition coefficient (Wildman–Crippen LogP) is 4.01. The Hall–Kier alpha value is -3.17. The van der Waals surface area contributed by atoms with Gasteiger partial charge in [0.15, 0.2) is 0 Å². The molecule has 0 bridgehead atoms. The molecule has 0 aromatic heterocycles. The van der Waals surface area contributed by atoms with Gasteiger partial charge in [-0.3, -0.25) is 0 Å². The summed E-state index contributed by atoms with van der Waals surface area (Å²) in [6.07, 6.45) is -0.823. The zero-order chi connectivity index (χ0) is 15.8. The largest absolute Gasteiger partial charge is 0.519 e. The summed E-state index contributed by atoms with van der Waals surface area (Å²) in [6, 6.07) is 14.1. The van der Waals surface area contributed by atoms with Crippen LogP contribution < -0.4 is 9.47 Å². The summed E-state index contributed by atoms with van der Waals surface area (Å²) < 4.78 is 10.4. The third-order valence-corrected chi connectivity index (χ3v) is 2.68. The molecule has 0 saturated carbocycles. The summed E-state index contributed by atoms with van der Waals surface area (Å²) in [6.45, 7) is 3.43. The molecule has 0 spiro atoms. The van der Waals surface area contributed by atoms with Crippen LogP contribution in [0.25, 0.3) is 0 Å². The van der Waals surface area contributed by atoms with Crippen LogP contribution in [0.2, 0.25) is 0 Å². The first kappa shape index (κ1) is 15.2. The number of hydrogen-bond acceptors (Lipinski definition) is 3. The Morgan fingerprint density at radius 1 is 0.773 bits per heavy atom. The van der Waals surface area contributed by atoms with Crippen molar-refractivity contribution in [2.75, 3.05) is 0 Å². The summed E-state index contributed by atoms with van der Waals surface area (Å²) in [4.78, 5) is 12.0. The molecule has 2 aromatic rings. The lowest BCUT2D eigenvalue weighted by molar-refractivity contribution is 0.151. The second-order valence-electron chi connectivity index (χ2n) is 4.20. The van der Waals surface area contributed by atoms with Crippen LogP contribution in [0.5, 0.6) is 11.5 Å². The molecule has 0 amide bonds. The van der Waals surface area contributed by atoms with E-state index in [1.54, 1.807) is 50.2 Å². The van der Waals surface area contributed by atoms with Gasteiger partial charge in [-0.25, -0.2) is 4.79 Å². The van der Waals surface area contributed by atoms with Gasteiger partial charge >= 0.3 is 6.16 Å². The third-order valence-electron chi connectivity index (χ3n) is 2.68. The summed E-state index contributed by atoms with van der Waals surface area (Å²) in [5.74, 6) is 12.0. The average molecular weight is 290 g/mol. The molecular weight excluding hydrogens is 276 g/mol. The van der Waals surface area contributed by atoms with Gasteiger partial charge in [0.25, 0.3) is 0 Å². The van der Waals surface area contributed by atoms with E-state index in [0.717, 1.165) is 0 Å². The molecular formula is C19H14O3. The third kappa shape index (κ3) is 3.91. The lowest BCUT2D eigenvalue weighted by Gasteiger charge is -2.08. The van der Waals surface area contributed by atoms with Gasteiger partial charge in [0, 0.05) is 0 Å². The van der Waals surface area contributed by atoms with E-state index in [0.29, 0.717) is 22.6 Å². The van der Waals surface area contributed by atoms with Gasteiger partial charge in [0.1, 0.15) is 11.5 Å². The second kappa shape index (κ2) is 7.57. The zero-order valence-corrected chi connectivity index (χ0v) is 12.3. The number of carbonyl (C=O) groups excluding carboxylic acids is 1. The SMILES string of the molecule is CC#Cc1ccccc1OC(=O)Oc1ccccc1C#CC. The number of carbonyl (C=O) groups is 1. The molecule has 22 heavy (non-hydrogen) atoms. The molecule has 0 heterocycles. The molecule has 108 valence electrons. The fraction of sp³-hybridized carbons (Fsp3) is 0.105. The van der Waals surface area contributed by atoms with Crippen molar-refractivity contribution in [3.63, 3.8) is 0 Å². The minimum absolute atomic E-state index is 0.362. The molecule has 2 rings (SSSR count). The van der Waals surface area contributed by atoms with Gasteiger partial charge in [-0.05, 0) is 38.1 Å². The zero-order valence-electron chi connectivity index (χ0n) is 12.3.